The molecule has 1 aliphatic rings. The summed E-state index contributed by atoms with van der Waals surface area (Å²) in [5.74, 6) is 0.447. The number of benzene rings is 1. The fraction of sp³-hybridized carbons (Fsp3) is 0.375. The molecule has 8 nitrogen and oxygen atoms in total. The van der Waals surface area contributed by atoms with Crippen LogP contribution >= 0.6 is 0 Å². The van der Waals surface area contributed by atoms with Crippen molar-refractivity contribution in [3.8, 4) is 11.5 Å². The summed E-state index contributed by atoms with van der Waals surface area (Å²) in [6.45, 7) is 9.47. The molecule has 0 amide bonds. The Morgan fingerprint density at radius 1 is 1.16 bits per heavy atom. The summed E-state index contributed by atoms with van der Waals surface area (Å²) >= 11 is 0. The van der Waals surface area contributed by atoms with E-state index >= 15 is 0 Å². The topological polar surface area (TPSA) is 87.1 Å². The van der Waals surface area contributed by atoms with Gasteiger partial charge in [0.15, 0.2) is 11.4 Å². The van der Waals surface area contributed by atoms with E-state index in [2.05, 4.69) is 32.8 Å². The zero-order valence-electron chi connectivity index (χ0n) is 18.6. The zero-order valence-corrected chi connectivity index (χ0v) is 18.6. The summed E-state index contributed by atoms with van der Waals surface area (Å²) < 4.78 is 7.60. The monoisotopic (exact) mass is 433 g/mol. The molecule has 166 valence electrons. The Morgan fingerprint density at radius 3 is 2.78 bits per heavy atom. The van der Waals surface area contributed by atoms with E-state index in [0.29, 0.717) is 29.4 Å². The van der Waals surface area contributed by atoms with Gasteiger partial charge in [-0.15, -0.1) is 0 Å². The lowest BCUT2D eigenvalue weighted by atomic mass is 10.1. The van der Waals surface area contributed by atoms with Crippen molar-refractivity contribution in [2.24, 2.45) is 0 Å². The second-order valence-corrected chi connectivity index (χ2v) is 8.55. The number of piperazine rings is 1. The number of aliphatic hydroxyl groups excluding tert-OH is 1. The summed E-state index contributed by atoms with van der Waals surface area (Å²) in [4.78, 5) is 26.5. The van der Waals surface area contributed by atoms with Crippen molar-refractivity contribution in [3.05, 3.63) is 58.5 Å². The molecule has 4 heterocycles. The maximum atomic E-state index is 12.9. The number of aliphatic hydroxyl groups is 1. The van der Waals surface area contributed by atoms with E-state index in [1.165, 1.54) is 0 Å². The first-order chi connectivity index (χ1) is 15.4. The Kier molecular flexibility index (Phi) is 5.19. The van der Waals surface area contributed by atoms with Crippen LogP contribution in [0.25, 0.3) is 27.9 Å². The molecule has 5 rings (SSSR count). The van der Waals surface area contributed by atoms with Gasteiger partial charge in [0.2, 0.25) is 0 Å². The quantitative estimate of drug-likeness (QED) is 0.529. The van der Waals surface area contributed by atoms with Gasteiger partial charge in [-0.1, -0.05) is 6.07 Å². The third kappa shape index (κ3) is 3.65. The van der Waals surface area contributed by atoms with E-state index in [9.17, 15) is 9.90 Å². The second-order valence-electron chi connectivity index (χ2n) is 8.55. The molecular weight excluding hydrogens is 406 g/mol. The van der Waals surface area contributed by atoms with Crippen LogP contribution in [0.15, 0.2) is 45.9 Å². The van der Waals surface area contributed by atoms with Crippen molar-refractivity contribution in [1.29, 1.82) is 0 Å². The van der Waals surface area contributed by atoms with E-state index in [-0.39, 0.29) is 12.2 Å². The van der Waals surface area contributed by atoms with Crippen LogP contribution in [-0.4, -0.2) is 63.2 Å². The Labute approximate surface area is 185 Å². The van der Waals surface area contributed by atoms with Gasteiger partial charge in [-0.05, 0) is 44.4 Å². The fourth-order valence-corrected chi connectivity index (χ4v) is 4.61. The van der Waals surface area contributed by atoms with E-state index in [0.717, 1.165) is 47.7 Å². The van der Waals surface area contributed by atoms with Gasteiger partial charge in [-0.3, -0.25) is 9.88 Å². The van der Waals surface area contributed by atoms with Gasteiger partial charge in [0.05, 0.1) is 23.4 Å². The molecule has 0 aliphatic carbocycles. The van der Waals surface area contributed by atoms with Gasteiger partial charge in [0.1, 0.15) is 5.69 Å². The molecule has 32 heavy (non-hydrogen) atoms. The van der Waals surface area contributed by atoms with Gasteiger partial charge in [-0.2, -0.15) is 0 Å². The highest BCUT2D eigenvalue weighted by molar-refractivity contribution is 5.87. The second kappa shape index (κ2) is 8.03. The minimum Gasteiger partial charge on any atom is -0.421 e. The average Bonchev–Trinajstić information content (AvgIpc) is 3.19. The first-order valence-electron chi connectivity index (χ1n) is 10.9. The number of hydrogen-bond donors (Lipinski definition) is 1. The van der Waals surface area contributed by atoms with Crippen molar-refractivity contribution < 1.29 is 9.52 Å². The maximum absolute atomic E-state index is 12.9. The zero-order chi connectivity index (χ0) is 22.4. The standard InChI is InChI=1S/C24H27N5O3/c1-15-12-29-14-21(26-23(29)17(3)25-15)22-10-18-4-5-19(11-20(18)24(31)32-22)28-7-6-27(8-9-30)16(2)13-28/h4-5,10-12,14,16,30H,6-9,13H2,1-3H3. The normalized spacial score (nSPS) is 17.5. The predicted molar refractivity (Wildman–Crippen MR) is 124 cm³/mol. The molecule has 1 N–H and O–H groups in total. The van der Waals surface area contributed by atoms with Crippen LogP contribution in [0.3, 0.4) is 0 Å². The summed E-state index contributed by atoms with van der Waals surface area (Å²) in [5.41, 5.74) is 3.73. The van der Waals surface area contributed by atoms with Crippen molar-refractivity contribution in [2.45, 2.75) is 26.8 Å². The average molecular weight is 434 g/mol. The molecule has 3 aromatic heterocycles. The summed E-state index contributed by atoms with van der Waals surface area (Å²) in [5, 5.41) is 10.6. The van der Waals surface area contributed by atoms with Crippen molar-refractivity contribution >= 4 is 22.1 Å². The number of nitrogens with zero attached hydrogens (tertiary/aromatic N) is 5. The van der Waals surface area contributed by atoms with Crippen LogP contribution in [0.5, 0.6) is 0 Å². The van der Waals surface area contributed by atoms with Gasteiger partial charge in [-0.25, -0.2) is 9.78 Å². The highest BCUT2D eigenvalue weighted by Crippen LogP contribution is 2.27. The number of rotatable bonds is 4. The van der Waals surface area contributed by atoms with Crippen LogP contribution in [0.2, 0.25) is 0 Å². The molecule has 1 aromatic carbocycles. The largest absolute Gasteiger partial charge is 0.421 e. The molecule has 1 atom stereocenters. The van der Waals surface area contributed by atoms with Crippen molar-refractivity contribution in [1.82, 2.24) is 19.3 Å². The van der Waals surface area contributed by atoms with Gasteiger partial charge >= 0.3 is 5.63 Å². The van der Waals surface area contributed by atoms with Crippen LogP contribution < -0.4 is 10.5 Å². The first kappa shape index (κ1) is 20.7. The number of fused-ring (bicyclic) bond motifs is 2. The third-order valence-corrected chi connectivity index (χ3v) is 6.24. The lowest BCUT2D eigenvalue weighted by Crippen LogP contribution is -2.52. The third-order valence-electron chi connectivity index (χ3n) is 6.24. The number of imidazole rings is 1. The molecule has 1 aliphatic heterocycles. The highest BCUT2D eigenvalue weighted by atomic mass is 16.4. The fourth-order valence-electron chi connectivity index (χ4n) is 4.61. The molecular formula is C24H27N5O3. The van der Waals surface area contributed by atoms with Gasteiger partial charge in [0, 0.05) is 50.3 Å². The minimum atomic E-state index is -0.366. The first-order valence-corrected chi connectivity index (χ1v) is 10.9. The molecule has 4 aromatic rings. The Bertz CT molecular complexity index is 1360. The molecule has 0 radical (unpaired) electrons. The molecule has 0 bridgehead atoms. The van der Waals surface area contributed by atoms with Crippen LogP contribution in [-0.2, 0) is 0 Å². The van der Waals surface area contributed by atoms with E-state index in [1.807, 2.05) is 48.8 Å². The number of hydrogen-bond acceptors (Lipinski definition) is 7. The highest BCUT2D eigenvalue weighted by Gasteiger charge is 2.23. The van der Waals surface area contributed by atoms with Gasteiger partial charge < -0.3 is 18.8 Å². The lowest BCUT2D eigenvalue weighted by Gasteiger charge is -2.40. The summed E-state index contributed by atoms with van der Waals surface area (Å²) in [6, 6.07) is 8.16. The molecule has 0 spiro atoms. The van der Waals surface area contributed by atoms with Crippen molar-refractivity contribution in [3.63, 3.8) is 0 Å². The van der Waals surface area contributed by atoms with E-state index < -0.39 is 0 Å². The number of β-amino-alcohol motifs (C(OH)–C–C–N with tert-alkyl or cyclic N) is 1. The van der Waals surface area contributed by atoms with E-state index in [1.54, 1.807) is 0 Å². The number of aryl methyl sites for hydroxylation is 2. The van der Waals surface area contributed by atoms with Crippen LogP contribution in [0, 0.1) is 13.8 Å². The van der Waals surface area contributed by atoms with Gasteiger partial charge in [0.25, 0.3) is 0 Å². The number of anilines is 1. The Morgan fingerprint density at radius 2 is 2.00 bits per heavy atom. The Balaban J connectivity index is 1.48. The summed E-state index contributed by atoms with van der Waals surface area (Å²) in [7, 11) is 0. The van der Waals surface area contributed by atoms with Crippen molar-refractivity contribution in [2.75, 3.05) is 37.7 Å². The predicted octanol–water partition coefficient (Wildman–Crippen LogP) is 2.62. The SMILES string of the molecule is Cc1cn2cc(-c3cc4ccc(N5CCN(CCO)C(C)C5)cc4c(=O)o3)nc2c(C)n1. The molecule has 1 fully saturated rings. The molecule has 1 saturated heterocycles. The minimum absolute atomic E-state index is 0.172. The molecule has 0 saturated carbocycles. The van der Waals surface area contributed by atoms with Crippen LogP contribution in [0.1, 0.15) is 18.3 Å². The van der Waals surface area contributed by atoms with Crippen LogP contribution in [0.4, 0.5) is 5.69 Å². The summed E-state index contributed by atoms with van der Waals surface area (Å²) in [6.07, 6.45) is 3.77. The Hall–Kier alpha value is -3.23. The lowest BCUT2D eigenvalue weighted by molar-refractivity contribution is 0.146. The van der Waals surface area contributed by atoms with E-state index in [4.69, 9.17) is 4.42 Å². The maximum Gasteiger partial charge on any atom is 0.344 e. The number of aromatic nitrogens is 3. The molecule has 1 unspecified atom stereocenters. The molecule has 8 heteroatoms. The smallest absolute Gasteiger partial charge is 0.344 e.